The molecule has 86 valence electrons. The summed E-state index contributed by atoms with van der Waals surface area (Å²) in [5, 5.41) is 8.63. The molecule has 1 amide bonds. The highest BCUT2D eigenvalue weighted by molar-refractivity contribution is 5.92. The van der Waals surface area contributed by atoms with Gasteiger partial charge in [0.05, 0.1) is 6.42 Å². The third kappa shape index (κ3) is 3.05. The smallest absolute Gasteiger partial charge is 0.305 e. The van der Waals surface area contributed by atoms with E-state index in [0.29, 0.717) is 5.69 Å². The summed E-state index contributed by atoms with van der Waals surface area (Å²) < 4.78 is 0. The van der Waals surface area contributed by atoms with E-state index in [0.717, 1.165) is 0 Å². The van der Waals surface area contributed by atoms with E-state index < -0.39 is 5.97 Å². The van der Waals surface area contributed by atoms with Crippen LogP contribution in [-0.4, -0.2) is 40.0 Å². The minimum atomic E-state index is -0.923. The Hall–Kier alpha value is -1.91. The summed E-state index contributed by atoms with van der Waals surface area (Å²) >= 11 is 0. The highest BCUT2D eigenvalue weighted by atomic mass is 16.4. The first kappa shape index (κ1) is 12.2. The number of rotatable bonds is 4. The molecule has 1 atom stereocenters. The van der Waals surface area contributed by atoms with Crippen molar-refractivity contribution in [3.05, 3.63) is 30.1 Å². The number of aliphatic carboxylic acids is 1. The number of carbonyl (C=O) groups is 2. The Kier molecular flexibility index (Phi) is 3.99. The second-order valence-electron chi connectivity index (χ2n) is 3.58. The molecule has 1 unspecified atom stereocenters. The number of hydrogen-bond acceptors (Lipinski definition) is 3. The number of aromatic nitrogens is 1. The zero-order valence-corrected chi connectivity index (χ0v) is 9.25. The highest BCUT2D eigenvalue weighted by Gasteiger charge is 2.20. The summed E-state index contributed by atoms with van der Waals surface area (Å²) in [7, 11) is 1.57. The Morgan fingerprint density at radius 3 is 2.69 bits per heavy atom. The molecule has 1 aromatic heterocycles. The standard InChI is InChI=1S/C11H14N2O3/c1-8(7-10(14)15)13(2)11(16)9-5-3-4-6-12-9/h3-6,8H,7H2,1-2H3,(H,14,15). The summed E-state index contributed by atoms with van der Waals surface area (Å²) in [4.78, 5) is 27.7. The third-order valence-electron chi connectivity index (χ3n) is 2.34. The summed E-state index contributed by atoms with van der Waals surface area (Å²) in [6.07, 6.45) is 1.46. The number of carboxylic acid groups (broad SMARTS) is 1. The van der Waals surface area contributed by atoms with Crippen LogP contribution in [0, 0.1) is 0 Å². The largest absolute Gasteiger partial charge is 0.481 e. The maximum absolute atomic E-state index is 11.8. The maximum atomic E-state index is 11.8. The molecule has 16 heavy (non-hydrogen) atoms. The molecule has 5 heteroatoms. The number of carbonyl (C=O) groups excluding carboxylic acids is 1. The van der Waals surface area contributed by atoms with E-state index in [1.165, 1.54) is 11.1 Å². The van der Waals surface area contributed by atoms with Crippen LogP contribution in [0.15, 0.2) is 24.4 Å². The molecular weight excluding hydrogens is 208 g/mol. The van der Waals surface area contributed by atoms with E-state index in [2.05, 4.69) is 4.98 Å². The molecular formula is C11H14N2O3. The van der Waals surface area contributed by atoms with Crippen LogP contribution in [-0.2, 0) is 4.79 Å². The van der Waals surface area contributed by atoms with E-state index >= 15 is 0 Å². The number of hydrogen-bond donors (Lipinski definition) is 1. The molecule has 0 saturated heterocycles. The summed E-state index contributed by atoms with van der Waals surface area (Å²) in [6.45, 7) is 1.69. The lowest BCUT2D eigenvalue weighted by molar-refractivity contribution is -0.137. The zero-order chi connectivity index (χ0) is 12.1. The second kappa shape index (κ2) is 5.25. The molecule has 0 bridgehead atoms. The first-order valence-electron chi connectivity index (χ1n) is 4.92. The van der Waals surface area contributed by atoms with Gasteiger partial charge in [0.25, 0.3) is 5.91 Å². The van der Waals surface area contributed by atoms with E-state index in [4.69, 9.17) is 5.11 Å². The van der Waals surface area contributed by atoms with Crippen LogP contribution in [0.1, 0.15) is 23.8 Å². The maximum Gasteiger partial charge on any atom is 0.305 e. The van der Waals surface area contributed by atoms with Crippen LogP contribution in [0.4, 0.5) is 0 Å². The monoisotopic (exact) mass is 222 g/mol. The SMILES string of the molecule is CC(CC(=O)O)N(C)C(=O)c1ccccn1. The molecule has 0 aliphatic carbocycles. The van der Waals surface area contributed by atoms with Gasteiger partial charge < -0.3 is 10.0 Å². The van der Waals surface area contributed by atoms with Crippen molar-refractivity contribution in [2.45, 2.75) is 19.4 Å². The quantitative estimate of drug-likeness (QED) is 0.825. The predicted molar refractivity (Wildman–Crippen MR) is 58.0 cm³/mol. The first-order chi connectivity index (χ1) is 7.52. The van der Waals surface area contributed by atoms with Crippen LogP contribution >= 0.6 is 0 Å². The molecule has 0 saturated carbocycles. The van der Waals surface area contributed by atoms with Gasteiger partial charge in [-0.15, -0.1) is 0 Å². The van der Waals surface area contributed by atoms with Gasteiger partial charge in [0.15, 0.2) is 0 Å². The molecule has 0 fully saturated rings. The lowest BCUT2D eigenvalue weighted by Gasteiger charge is -2.23. The van der Waals surface area contributed by atoms with E-state index in [1.54, 1.807) is 32.2 Å². The highest BCUT2D eigenvalue weighted by Crippen LogP contribution is 2.06. The Morgan fingerprint density at radius 2 is 2.19 bits per heavy atom. The van der Waals surface area contributed by atoms with Crippen LogP contribution in [0.3, 0.4) is 0 Å². The van der Waals surface area contributed by atoms with Gasteiger partial charge in [-0.1, -0.05) is 6.07 Å². The number of nitrogens with zero attached hydrogens (tertiary/aromatic N) is 2. The van der Waals surface area contributed by atoms with Crippen LogP contribution in [0.5, 0.6) is 0 Å². The molecule has 1 heterocycles. The minimum Gasteiger partial charge on any atom is -0.481 e. The minimum absolute atomic E-state index is 0.0743. The number of amides is 1. The van der Waals surface area contributed by atoms with Crippen LogP contribution in [0.25, 0.3) is 0 Å². The molecule has 0 aliphatic heterocycles. The van der Waals surface area contributed by atoms with Gasteiger partial charge in [-0.25, -0.2) is 0 Å². The number of carboxylic acids is 1. The second-order valence-corrected chi connectivity index (χ2v) is 3.58. The van der Waals surface area contributed by atoms with Crippen molar-refractivity contribution in [2.75, 3.05) is 7.05 Å². The van der Waals surface area contributed by atoms with Gasteiger partial charge in [0, 0.05) is 19.3 Å². The van der Waals surface area contributed by atoms with Crippen molar-refractivity contribution in [1.29, 1.82) is 0 Å². The molecule has 1 N–H and O–H groups in total. The Balaban J connectivity index is 2.71. The van der Waals surface area contributed by atoms with Crippen molar-refractivity contribution >= 4 is 11.9 Å². The van der Waals surface area contributed by atoms with Crippen molar-refractivity contribution < 1.29 is 14.7 Å². The molecule has 0 aliphatic rings. The van der Waals surface area contributed by atoms with Gasteiger partial charge in [-0.2, -0.15) is 0 Å². The molecule has 0 spiro atoms. The fourth-order valence-electron chi connectivity index (χ4n) is 1.26. The normalized spacial score (nSPS) is 11.9. The summed E-state index contributed by atoms with van der Waals surface area (Å²) in [5.41, 5.74) is 0.322. The number of pyridine rings is 1. The van der Waals surface area contributed by atoms with Crippen LogP contribution < -0.4 is 0 Å². The summed E-state index contributed by atoms with van der Waals surface area (Å²) in [6, 6.07) is 4.69. The average Bonchev–Trinajstić information content (AvgIpc) is 2.27. The van der Waals surface area contributed by atoms with E-state index in [-0.39, 0.29) is 18.4 Å². The van der Waals surface area contributed by atoms with Gasteiger partial charge in [0.1, 0.15) is 5.69 Å². The summed E-state index contributed by atoms with van der Waals surface area (Å²) in [5.74, 6) is -1.19. The molecule has 0 radical (unpaired) electrons. The molecule has 5 nitrogen and oxygen atoms in total. The molecule has 0 aromatic carbocycles. The van der Waals surface area contributed by atoms with Crippen molar-refractivity contribution in [3.8, 4) is 0 Å². The Morgan fingerprint density at radius 1 is 1.50 bits per heavy atom. The zero-order valence-electron chi connectivity index (χ0n) is 9.25. The first-order valence-corrected chi connectivity index (χ1v) is 4.92. The Labute approximate surface area is 93.7 Å². The van der Waals surface area contributed by atoms with Crippen molar-refractivity contribution in [3.63, 3.8) is 0 Å². The van der Waals surface area contributed by atoms with Gasteiger partial charge in [0.2, 0.25) is 0 Å². The Bertz CT molecular complexity index is 378. The van der Waals surface area contributed by atoms with Crippen molar-refractivity contribution in [2.24, 2.45) is 0 Å². The average molecular weight is 222 g/mol. The van der Waals surface area contributed by atoms with Gasteiger partial charge in [-0.3, -0.25) is 14.6 Å². The molecule has 1 rings (SSSR count). The fraction of sp³-hybridized carbons (Fsp3) is 0.364. The van der Waals surface area contributed by atoms with Crippen LogP contribution in [0.2, 0.25) is 0 Å². The third-order valence-corrected chi connectivity index (χ3v) is 2.34. The topological polar surface area (TPSA) is 70.5 Å². The fourth-order valence-corrected chi connectivity index (χ4v) is 1.26. The predicted octanol–water partition coefficient (Wildman–Crippen LogP) is 1.02. The van der Waals surface area contributed by atoms with Gasteiger partial charge in [-0.05, 0) is 19.1 Å². The van der Waals surface area contributed by atoms with E-state index in [1.807, 2.05) is 0 Å². The van der Waals surface area contributed by atoms with Crippen molar-refractivity contribution in [1.82, 2.24) is 9.88 Å². The van der Waals surface area contributed by atoms with E-state index in [9.17, 15) is 9.59 Å². The lowest BCUT2D eigenvalue weighted by Crippen LogP contribution is -2.36. The lowest BCUT2D eigenvalue weighted by atomic mass is 10.2. The molecule has 1 aromatic rings. The van der Waals surface area contributed by atoms with Gasteiger partial charge >= 0.3 is 5.97 Å².